The molecule has 2 aromatic rings. The molecule has 3 rings (SSSR count). The molecule has 0 radical (unpaired) electrons. The Kier molecular flexibility index (Phi) is 6.85. The Balaban J connectivity index is 1.48. The third kappa shape index (κ3) is 5.35. The Hall–Kier alpha value is -3.33. The lowest BCUT2D eigenvalue weighted by molar-refractivity contribution is 0.251. The van der Waals surface area contributed by atoms with Gasteiger partial charge in [-0.2, -0.15) is 5.26 Å². The highest BCUT2D eigenvalue weighted by atomic mass is 19.1. The van der Waals surface area contributed by atoms with Gasteiger partial charge in [-0.25, -0.2) is 9.18 Å². The maximum Gasteiger partial charge on any atom is 0.319 e. The summed E-state index contributed by atoms with van der Waals surface area (Å²) in [5.74, 6) is -0.217. The smallest absolute Gasteiger partial charge is 0.319 e. The van der Waals surface area contributed by atoms with Gasteiger partial charge in [0.15, 0.2) is 0 Å². The van der Waals surface area contributed by atoms with E-state index in [4.69, 9.17) is 5.26 Å². The molecule has 0 fully saturated rings. The van der Waals surface area contributed by atoms with Crippen molar-refractivity contribution in [3.8, 4) is 6.07 Å². The summed E-state index contributed by atoms with van der Waals surface area (Å²) in [6.07, 6.45) is 2.71. The van der Waals surface area contributed by atoms with E-state index in [1.54, 1.807) is 24.3 Å². The van der Waals surface area contributed by atoms with Crippen LogP contribution in [0.25, 0.3) is 5.57 Å². The lowest BCUT2D eigenvalue weighted by Gasteiger charge is -2.22. The molecule has 0 unspecified atom stereocenters. The summed E-state index contributed by atoms with van der Waals surface area (Å²) < 4.78 is 13.2. The molecule has 2 N–H and O–H groups in total. The molecule has 1 aliphatic rings. The van der Waals surface area contributed by atoms with Crippen molar-refractivity contribution in [1.82, 2.24) is 10.2 Å². The number of carbonyl (C=O) groups is 1. The van der Waals surface area contributed by atoms with E-state index >= 15 is 0 Å². The number of carbonyl (C=O) groups excluding carboxylic acids is 1. The quantitative estimate of drug-likeness (QED) is 0.669. The van der Waals surface area contributed by atoms with Gasteiger partial charge in [-0.1, -0.05) is 25.1 Å². The van der Waals surface area contributed by atoms with Crippen molar-refractivity contribution in [2.24, 2.45) is 0 Å². The zero-order valence-electron chi connectivity index (χ0n) is 16.5. The van der Waals surface area contributed by atoms with Crippen LogP contribution in [0.4, 0.5) is 14.9 Å². The van der Waals surface area contributed by atoms with E-state index in [0.29, 0.717) is 17.8 Å². The van der Waals surface area contributed by atoms with Gasteiger partial charge in [0.1, 0.15) is 5.82 Å². The van der Waals surface area contributed by atoms with Crippen molar-refractivity contribution < 1.29 is 9.18 Å². The van der Waals surface area contributed by atoms with Crippen LogP contribution in [0.3, 0.4) is 0 Å². The van der Waals surface area contributed by atoms with Gasteiger partial charge in [0.2, 0.25) is 0 Å². The minimum Gasteiger partial charge on any atom is -0.374 e. The first kappa shape index (κ1) is 20.4. The molecule has 0 aliphatic carbocycles. The van der Waals surface area contributed by atoms with Gasteiger partial charge in [-0.05, 0) is 60.7 Å². The number of benzene rings is 2. The van der Waals surface area contributed by atoms with Crippen LogP contribution in [0.1, 0.15) is 37.3 Å². The highest BCUT2D eigenvalue weighted by Gasteiger charge is 2.21. The van der Waals surface area contributed by atoms with E-state index < -0.39 is 0 Å². The van der Waals surface area contributed by atoms with Gasteiger partial charge in [0, 0.05) is 31.0 Å². The molecule has 1 heterocycles. The fraction of sp³-hybridized carbons (Fsp3) is 0.304. The fourth-order valence-corrected chi connectivity index (χ4v) is 3.68. The van der Waals surface area contributed by atoms with Crippen LogP contribution >= 0.6 is 0 Å². The normalized spacial score (nSPS) is 13.3. The number of nitrogens with zero attached hydrogens (tertiary/aromatic N) is 2. The predicted molar refractivity (Wildman–Crippen MR) is 113 cm³/mol. The van der Waals surface area contributed by atoms with E-state index in [9.17, 15) is 9.18 Å². The highest BCUT2D eigenvalue weighted by Crippen LogP contribution is 2.33. The first-order chi connectivity index (χ1) is 14.1. The molecule has 0 aromatic heterocycles. The van der Waals surface area contributed by atoms with Gasteiger partial charge in [0.25, 0.3) is 0 Å². The summed E-state index contributed by atoms with van der Waals surface area (Å²) in [6, 6.07) is 15.3. The molecule has 2 aromatic carbocycles. The second-order valence-electron chi connectivity index (χ2n) is 6.95. The van der Waals surface area contributed by atoms with E-state index in [-0.39, 0.29) is 11.8 Å². The number of anilines is 1. The molecule has 0 saturated carbocycles. The fourth-order valence-electron chi connectivity index (χ4n) is 3.68. The van der Waals surface area contributed by atoms with Crippen LogP contribution in [-0.4, -0.2) is 30.6 Å². The molecule has 6 heteroatoms. The zero-order valence-corrected chi connectivity index (χ0v) is 16.5. The molecule has 0 bridgehead atoms. The van der Waals surface area contributed by atoms with E-state index in [1.165, 1.54) is 23.4 Å². The molecule has 5 nitrogen and oxygen atoms in total. The summed E-state index contributed by atoms with van der Waals surface area (Å²) in [6.45, 7) is 4.50. The molecule has 2 amide bonds. The molecule has 29 heavy (non-hydrogen) atoms. The topological polar surface area (TPSA) is 68.2 Å². The minimum absolute atomic E-state index is 0.217. The van der Waals surface area contributed by atoms with Gasteiger partial charge >= 0.3 is 6.03 Å². The van der Waals surface area contributed by atoms with Gasteiger partial charge in [-0.3, -0.25) is 0 Å². The molecule has 1 aliphatic heterocycles. The average molecular weight is 392 g/mol. The molecule has 150 valence electrons. The maximum absolute atomic E-state index is 13.2. The second-order valence-corrected chi connectivity index (χ2v) is 6.95. The largest absolute Gasteiger partial charge is 0.374 e. The van der Waals surface area contributed by atoms with Crippen LogP contribution in [0.5, 0.6) is 0 Å². The maximum atomic E-state index is 13.2. The summed E-state index contributed by atoms with van der Waals surface area (Å²) in [5, 5.41) is 14.5. The lowest BCUT2D eigenvalue weighted by Crippen LogP contribution is -2.31. The van der Waals surface area contributed by atoms with E-state index in [2.05, 4.69) is 28.5 Å². The standard InChI is InChI=1S/C23H25FN4O/c1-2-22-21(18-7-9-19(24)10-8-18)11-14-28(22)13-4-12-26-23(29)27-20-6-3-5-17(15-20)16-25/h3,5-10,15H,2,4,11-14H2,1H3,(H2,26,27,29). The second kappa shape index (κ2) is 9.74. The number of rotatable bonds is 7. The molecular weight excluding hydrogens is 367 g/mol. The Morgan fingerprint density at radius 2 is 2.03 bits per heavy atom. The number of halogens is 1. The van der Waals surface area contributed by atoms with Crippen molar-refractivity contribution in [2.45, 2.75) is 26.2 Å². The van der Waals surface area contributed by atoms with Gasteiger partial charge < -0.3 is 15.5 Å². The third-order valence-electron chi connectivity index (χ3n) is 5.03. The molecule has 0 spiro atoms. The number of nitrogens with one attached hydrogen (secondary N) is 2. The first-order valence-electron chi connectivity index (χ1n) is 9.88. The van der Waals surface area contributed by atoms with Crippen molar-refractivity contribution in [1.29, 1.82) is 5.26 Å². The van der Waals surface area contributed by atoms with Crippen molar-refractivity contribution in [3.05, 3.63) is 71.2 Å². The minimum atomic E-state index is -0.278. The van der Waals surface area contributed by atoms with Crippen LogP contribution in [-0.2, 0) is 0 Å². The highest BCUT2D eigenvalue weighted by molar-refractivity contribution is 5.89. The van der Waals surface area contributed by atoms with Crippen LogP contribution in [0.2, 0.25) is 0 Å². The Morgan fingerprint density at radius 1 is 1.24 bits per heavy atom. The number of urea groups is 1. The number of hydrogen-bond acceptors (Lipinski definition) is 3. The Bertz CT molecular complexity index is 931. The zero-order chi connectivity index (χ0) is 20.6. The number of amides is 2. The average Bonchev–Trinajstić information content (AvgIpc) is 3.14. The van der Waals surface area contributed by atoms with Gasteiger partial charge in [-0.15, -0.1) is 0 Å². The third-order valence-corrected chi connectivity index (χ3v) is 5.03. The summed E-state index contributed by atoms with van der Waals surface area (Å²) in [7, 11) is 0. The van der Waals surface area contributed by atoms with Crippen LogP contribution in [0.15, 0.2) is 54.2 Å². The molecule has 0 atom stereocenters. The Labute approximate surface area is 170 Å². The predicted octanol–water partition coefficient (Wildman–Crippen LogP) is 4.74. The van der Waals surface area contributed by atoms with E-state index in [0.717, 1.165) is 37.9 Å². The SMILES string of the molecule is CCC1=C(c2ccc(F)cc2)CCN1CCCNC(=O)Nc1cccc(C#N)c1. The Morgan fingerprint density at radius 3 is 2.76 bits per heavy atom. The van der Waals surface area contributed by atoms with Crippen molar-refractivity contribution >= 4 is 17.3 Å². The number of nitriles is 1. The number of hydrogen-bond donors (Lipinski definition) is 2. The van der Waals surface area contributed by atoms with Crippen LogP contribution in [0, 0.1) is 17.1 Å². The summed E-state index contributed by atoms with van der Waals surface area (Å²) >= 11 is 0. The monoisotopic (exact) mass is 392 g/mol. The van der Waals surface area contributed by atoms with E-state index in [1.807, 2.05) is 12.1 Å². The first-order valence-corrected chi connectivity index (χ1v) is 9.88. The summed E-state index contributed by atoms with van der Waals surface area (Å²) in [5.41, 5.74) is 4.78. The molecule has 0 saturated heterocycles. The van der Waals surface area contributed by atoms with Gasteiger partial charge in [0.05, 0.1) is 11.6 Å². The number of allylic oxidation sites excluding steroid dienone is 1. The summed E-state index contributed by atoms with van der Waals surface area (Å²) in [4.78, 5) is 14.4. The lowest BCUT2D eigenvalue weighted by atomic mass is 10.0. The molecular formula is C23H25FN4O. The van der Waals surface area contributed by atoms with Crippen LogP contribution < -0.4 is 10.6 Å². The van der Waals surface area contributed by atoms with Crippen molar-refractivity contribution in [2.75, 3.05) is 25.0 Å². The van der Waals surface area contributed by atoms with Crippen molar-refractivity contribution in [3.63, 3.8) is 0 Å².